The maximum Gasteiger partial charge on any atom is 0.251 e. The average Bonchev–Trinajstić information content (AvgIpc) is 3.40. The monoisotopic (exact) mass is 334 g/mol. The summed E-state index contributed by atoms with van der Waals surface area (Å²) in [7, 11) is 0. The van der Waals surface area contributed by atoms with Crippen molar-refractivity contribution < 1.29 is 19.1 Å². The van der Waals surface area contributed by atoms with Gasteiger partial charge >= 0.3 is 0 Å². The molecular weight excluding hydrogens is 308 g/mol. The third-order valence-electron chi connectivity index (χ3n) is 3.48. The minimum atomic E-state index is -0.302. The molecule has 24 heavy (non-hydrogen) atoms. The highest BCUT2D eigenvalue weighted by molar-refractivity contribution is 5.97. The van der Waals surface area contributed by atoms with E-state index in [1.807, 2.05) is 13.8 Å². The summed E-state index contributed by atoms with van der Waals surface area (Å²) in [5.74, 6) is 0.731. The molecule has 1 aliphatic rings. The molecule has 0 aromatic heterocycles. The summed E-state index contributed by atoms with van der Waals surface area (Å²) in [6, 6.07) is 5.37. The largest absolute Gasteiger partial charge is 0.490 e. The van der Waals surface area contributed by atoms with Crippen molar-refractivity contribution in [2.24, 2.45) is 0 Å². The van der Waals surface area contributed by atoms with Crippen LogP contribution in [0, 0.1) is 0 Å². The van der Waals surface area contributed by atoms with Gasteiger partial charge in [0.2, 0.25) is 5.91 Å². The fourth-order valence-electron chi connectivity index (χ4n) is 2.07. The number of benzene rings is 1. The second-order valence-electron chi connectivity index (χ2n) is 5.88. The number of carbonyl (C=O) groups excluding carboxylic acids is 2. The molecule has 0 bridgehead atoms. The maximum atomic E-state index is 12.2. The maximum absolute atomic E-state index is 12.2. The van der Waals surface area contributed by atoms with Crippen molar-refractivity contribution in [2.75, 3.05) is 19.8 Å². The van der Waals surface area contributed by atoms with Crippen molar-refractivity contribution in [3.8, 4) is 11.5 Å². The molecule has 1 fully saturated rings. The van der Waals surface area contributed by atoms with Crippen molar-refractivity contribution in [1.82, 2.24) is 10.6 Å². The van der Waals surface area contributed by atoms with Crippen molar-refractivity contribution >= 4 is 11.8 Å². The Morgan fingerprint density at radius 3 is 2.38 bits per heavy atom. The minimum absolute atomic E-state index is 0.0193. The van der Waals surface area contributed by atoms with Crippen LogP contribution in [0.3, 0.4) is 0 Å². The summed E-state index contributed by atoms with van der Waals surface area (Å²) in [6.45, 7) is 5.17. The van der Waals surface area contributed by atoms with Crippen molar-refractivity contribution in [2.45, 2.75) is 45.6 Å². The smallest absolute Gasteiger partial charge is 0.251 e. The average molecular weight is 334 g/mol. The Morgan fingerprint density at radius 2 is 1.75 bits per heavy atom. The van der Waals surface area contributed by atoms with Crippen molar-refractivity contribution in [3.63, 3.8) is 0 Å². The molecule has 0 spiro atoms. The predicted octanol–water partition coefficient (Wildman–Crippen LogP) is 2.27. The van der Waals surface area contributed by atoms with Gasteiger partial charge in [0.15, 0.2) is 11.5 Å². The van der Waals surface area contributed by atoms with E-state index in [-0.39, 0.29) is 18.4 Å². The summed E-state index contributed by atoms with van der Waals surface area (Å²) in [5, 5.41) is 5.46. The molecule has 1 aromatic carbocycles. The molecule has 0 radical (unpaired) electrons. The Labute approximate surface area is 142 Å². The summed E-state index contributed by atoms with van der Waals surface area (Å²) in [4.78, 5) is 23.9. The number of nitrogens with one attached hydrogen (secondary N) is 2. The normalized spacial score (nSPS) is 13.2. The van der Waals surface area contributed by atoms with Gasteiger partial charge in [-0.2, -0.15) is 0 Å². The second-order valence-corrected chi connectivity index (χ2v) is 5.88. The number of hydrogen-bond donors (Lipinski definition) is 2. The van der Waals surface area contributed by atoms with Crippen LogP contribution in [-0.4, -0.2) is 37.6 Å². The van der Waals surface area contributed by atoms with E-state index < -0.39 is 0 Å². The standard InChI is InChI=1S/C18H26N2O4/c1-3-9-23-15-8-5-13(11-16(15)24-10-4-2)18(22)19-12-17(21)20-14-6-7-14/h5,8,11,14H,3-4,6-7,9-10,12H2,1-2H3,(H,19,22)(H,20,21). The molecule has 2 rings (SSSR count). The lowest BCUT2D eigenvalue weighted by atomic mass is 10.2. The Kier molecular flexibility index (Phi) is 6.90. The highest BCUT2D eigenvalue weighted by atomic mass is 16.5. The Balaban J connectivity index is 1.96. The van der Waals surface area contributed by atoms with E-state index in [2.05, 4.69) is 10.6 Å². The molecule has 1 aliphatic carbocycles. The van der Waals surface area contributed by atoms with Gasteiger partial charge in [0.05, 0.1) is 19.8 Å². The van der Waals surface area contributed by atoms with Crippen molar-refractivity contribution in [1.29, 1.82) is 0 Å². The molecule has 6 nitrogen and oxygen atoms in total. The van der Waals surface area contributed by atoms with Crippen LogP contribution < -0.4 is 20.1 Å². The van der Waals surface area contributed by atoms with Crippen LogP contribution in [0.5, 0.6) is 11.5 Å². The van der Waals surface area contributed by atoms with Crippen LogP contribution in [0.15, 0.2) is 18.2 Å². The third kappa shape index (κ3) is 5.76. The summed E-state index contributed by atoms with van der Waals surface area (Å²) in [6.07, 6.45) is 3.81. The fraction of sp³-hybridized carbons (Fsp3) is 0.556. The van der Waals surface area contributed by atoms with Gasteiger partial charge in [-0.05, 0) is 43.9 Å². The molecule has 1 saturated carbocycles. The van der Waals surface area contributed by atoms with Crippen LogP contribution in [0.25, 0.3) is 0 Å². The van der Waals surface area contributed by atoms with Crippen molar-refractivity contribution in [3.05, 3.63) is 23.8 Å². The number of rotatable bonds is 10. The molecule has 2 N–H and O–H groups in total. The molecular formula is C18H26N2O4. The van der Waals surface area contributed by atoms with Gasteiger partial charge in [0.25, 0.3) is 5.91 Å². The van der Waals surface area contributed by atoms with Gasteiger partial charge in [-0.25, -0.2) is 0 Å². The van der Waals surface area contributed by atoms with Gasteiger partial charge in [0, 0.05) is 11.6 Å². The van der Waals surface area contributed by atoms with E-state index in [1.165, 1.54) is 0 Å². The lowest BCUT2D eigenvalue weighted by Gasteiger charge is -2.13. The Bertz CT molecular complexity index is 570. The molecule has 0 heterocycles. The highest BCUT2D eigenvalue weighted by Gasteiger charge is 2.23. The van der Waals surface area contributed by atoms with Crippen LogP contribution in [-0.2, 0) is 4.79 Å². The predicted molar refractivity (Wildman–Crippen MR) is 91.5 cm³/mol. The van der Waals surface area contributed by atoms with Crippen LogP contribution in [0.1, 0.15) is 49.9 Å². The number of carbonyl (C=O) groups is 2. The molecule has 0 saturated heterocycles. The zero-order valence-corrected chi connectivity index (χ0v) is 14.4. The van der Waals surface area contributed by atoms with Gasteiger partial charge < -0.3 is 20.1 Å². The highest BCUT2D eigenvalue weighted by Crippen LogP contribution is 2.29. The third-order valence-corrected chi connectivity index (χ3v) is 3.48. The molecule has 132 valence electrons. The summed E-state index contributed by atoms with van der Waals surface area (Å²) in [5.41, 5.74) is 0.448. The molecule has 6 heteroatoms. The number of amides is 2. The number of hydrogen-bond acceptors (Lipinski definition) is 4. The second kappa shape index (κ2) is 9.15. The SMILES string of the molecule is CCCOc1ccc(C(=O)NCC(=O)NC2CC2)cc1OCCC. The number of ether oxygens (including phenoxy) is 2. The van der Waals surface area contributed by atoms with Gasteiger partial charge in [0.1, 0.15) is 0 Å². The molecule has 0 unspecified atom stereocenters. The quantitative estimate of drug-likeness (QED) is 0.688. The van der Waals surface area contributed by atoms with E-state index >= 15 is 0 Å². The fourth-order valence-corrected chi connectivity index (χ4v) is 2.07. The summed E-state index contributed by atoms with van der Waals surface area (Å²) < 4.78 is 11.3. The lowest BCUT2D eigenvalue weighted by Crippen LogP contribution is -2.37. The van der Waals surface area contributed by atoms with Crippen LogP contribution in [0.4, 0.5) is 0 Å². The Morgan fingerprint density at radius 1 is 1.08 bits per heavy atom. The van der Waals surface area contributed by atoms with E-state index in [0.29, 0.717) is 36.3 Å². The van der Waals surface area contributed by atoms with E-state index in [0.717, 1.165) is 25.7 Å². The summed E-state index contributed by atoms with van der Waals surface area (Å²) >= 11 is 0. The zero-order valence-electron chi connectivity index (χ0n) is 14.4. The van der Waals surface area contributed by atoms with Gasteiger partial charge in [-0.3, -0.25) is 9.59 Å². The van der Waals surface area contributed by atoms with E-state index in [4.69, 9.17) is 9.47 Å². The molecule has 0 atom stereocenters. The van der Waals surface area contributed by atoms with E-state index in [9.17, 15) is 9.59 Å². The first kappa shape index (κ1) is 18.1. The minimum Gasteiger partial charge on any atom is -0.490 e. The first-order valence-corrected chi connectivity index (χ1v) is 8.61. The molecule has 1 aromatic rings. The molecule has 0 aliphatic heterocycles. The van der Waals surface area contributed by atoms with Gasteiger partial charge in [-0.15, -0.1) is 0 Å². The van der Waals surface area contributed by atoms with Crippen LogP contribution in [0.2, 0.25) is 0 Å². The zero-order chi connectivity index (χ0) is 17.4. The molecule has 2 amide bonds. The first-order chi connectivity index (χ1) is 11.6. The van der Waals surface area contributed by atoms with Crippen LogP contribution >= 0.6 is 0 Å². The lowest BCUT2D eigenvalue weighted by molar-refractivity contribution is -0.120. The van der Waals surface area contributed by atoms with Gasteiger partial charge in [-0.1, -0.05) is 13.8 Å². The Hall–Kier alpha value is -2.24. The van der Waals surface area contributed by atoms with E-state index in [1.54, 1.807) is 18.2 Å². The topological polar surface area (TPSA) is 76.7 Å². The first-order valence-electron chi connectivity index (χ1n) is 8.61.